The molecule has 3 aliphatic rings. The molecule has 2 aliphatic carbocycles. The molecule has 162 valence electrons. The van der Waals surface area contributed by atoms with Gasteiger partial charge in [0.2, 0.25) is 0 Å². The molecule has 0 aromatic carbocycles. The van der Waals surface area contributed by atoms with E-state index in [4.69, 9.17) is 18.6 Å². The van der Waals surface area contributed by atoms with E-state index in [2.05, 4.69) is 0 Å². The van der Waals surface area contributed by atoms with Gasteiger partial charge in [0, 0.05) is 18.4 Å². The number of furan rings is 1. The Labute approximate surface area is 174 Å². The van der Waals surface area contributed by atoms with E-state index in [-0.39, 0.29) is 24.5 Å². The van der Waals surface area contributed by atoms with Crippen LogP contribution in [0.5, 0.6) is 0 Å². The number of carbonyl (C=O) groups excluding carboxylic acids is 4. The third-order valence-electron chi connectivity index (χ3n) is 7.70. The lowest BCUT2D eigenvalue weighted by molar-refractivity contribution is -0.198. The number of esters is 3. The van der Waals surface area contributed by atoms with Gasteiger partial charge in [-0.3, -0.25) is 19.2 Å². The van der Waals surface area contributed by atoms with Crippen LogP contribution in [0, 0.1) is 28.6 Å². The largest absolute Gasteiger partial charge is 0.472 e. The van der Waals surface area contributed by atoms with Crippen molar-refractivity contribution in [3.8, 4) is 0 Å². The van der Waals surface area contributed by atoms with Gasteiger partial charge in [-0.15, -0.1) is 0 Å². The normalized spacial score (nSPS) is 38.1. The monoisotopic (exact) mass is 418 g/mol. The van der Waals surface area contributed by atoms with E-state index < -0.39 is 46.7 Å². The molecule has 6 atom stereocenters. The third-order valence-corrected chi connectivity index (χ3v) is 7.70. The summed E-state index contributed by atoms with van der Waals surface area (Å²) in [7, 11) is 2.44. The first kappa shape index (κ1) is 20.6. The molecular weight excluding hydrogens is 392 g/mol. The fourth-order valence-electron chi connectivity index (χ4n) is 6.28. The highest BCUT2D eigenvalue weighted by Crippen LogP contribution is 2.66. The number of hydrogen-bond donors (Lipinski definition) is 0. The summed E-state index contributed by atoms with van der Waals surface area (Å²) in [5.74, 6) is -4.05. The summed E-state index contributed by atoms with van der Waals surface area (Å²) in [4.78, 5) is 52.2. The first-order chi connectivity index (χ1) is 14.3. The molecular formula is C22H26O8. The molecule has 1 aromatic rings. The van der Waals surface area contributed by atoms with E-state index in [0.717, 1.165) is 5.56 Å². The number of Topliss-reactive ketones (excluding diaryl/α,β-unsaturated/α-hetero) is 1. The van der Waals surface area contributed by atoms with Gasteiger partial charge in [0.1, 0.15) is 17.8 Å². The number of carbonyl (C=O) groups is 4. The second kappa shape index (κ2) is 7.25. The first-order valence-corrected chi connectivity index (χ1v) is 10.2. The molecule has 2 saturated carbocycles. The van der Waals surface area contributed by atoms with Crippen molar-refractivity contribution < 1.29 is 37.8 Å². The summed E-state index contributed by atoms with van der Waals surface area (Å²) >= 11 is 0. The van der Waals surface area contributed by atoms with Crippen molar-refractivity contribution in [2.75, 3.05) is 14.2 Å². The topological polar surface area (TPSA) is 109 Å². The zero-order chi connectivity index (χ0) is 21.7. The Morgan fingerprint density at radius 2 is 1.93 bits per heavy atom. The number of cyclic esters (lactones) is 1. The summed E-state index contributed by atoms with van der Waals surface area (Å²) < 4.78 is 21.0. The SMILES string of the molecule is COC(=O)[C@@H]1C(=O)CC[C@@H]2[C@@]3(C[C@H](c4ccoc4)OC3=O)[C@H](C)CC[C@@]12C(=O)OC. The lowest BCUT2D eigenvalue weighted by atomic mass is 9.43. The number of hydrogen-bond acceptors (Lipinski definition) is 8. The summed E-state index contributed by atoms with van der Waals surface area (Å²) in [6.07, 6.45) is 4.10. The maximum Gasteiger partial charge on any atom is 0.317 e. The molecule has 30 heavy (non-hydrogen) atoms. The van der Waals surface area contributed by atoms with Crippen molar-refractivity contribution in [3.05, 3.63) is 24.2 Å². The van der Waals surface area contributed by atoms with Crippen LogP contribution in [-0.4, -0.2) is 37.9 Å². The fourth-order valence-corrected chi connectivity index (χ4v) is 6.28. The first-order valence-electron chi connectivity index (χ1n) is 10.2. The van der Waals surface area contributed by atoms with Gasteiger partial charge < -0.3 is 18.6 Å². The van der Waals surface area contributed by atoms with Crippen LogP contribution in [0.2, 0.25) is 0 Å². The van der Waals surface area contributed by atoms with Gasteiger partial charge >= 0.3 is 17.9 Å². The Balaban J connectivity index is 1.85. The molecule has 0 unspecified atom stereocenters. The van der Waals surface area contributed by atoms with Gasteiger partial charge in [-0.25, -0.2) is 0 Å². The predicted octanol–water partition coefficient (Wildman–Crippen LogP) is 2.61. The quantitative estimate of drug-likeness (QED) is 0.419. The Morgan fingerprint density at radius 1 is 1.17 bits per heavy atom. The van der Waals surface area contributed by atoms with Gasteiger partial charge in [-0.2, -0.15) is 0 Å². The lowest BCUT2D eigenvalue weighted by Gasteiger charge is -2.56. The summed E-state index contributed by atoms with van der Waals surface area (Å²) in [5, 5.41) is 0. The van der Waals surface area contributed by atoms with Crippen molar-refractivity contribution in [1.82, 2.24) is 0 Å². The number of ketones is 1. The average Bonchev–Trinajstić information content (AvgIpc) is 3.38. The zero-order valence-electron chi connectivity index (χ0n) is 17.3. The van der Waals surface area contributed by atoms with Crippen molar-refractivity contribution in [2.45, 2.75) is 45.1 Å². The van der Waals surface area contributed by atoms with E-state index in [9.17, 15) is 19.2 Å². The van der Waals surface area contributed by atoms with Crippen LogP contribution < -0.4 is 0 Å². The minimum absolute atomic E-state index is 0.0869. The van der Waals surface area contributed by atoms with Crippen LogP contribution >= 0.6 is 0 Å². The Morgan fingerprint density at radius 3 is 2.57 bits per heavy atom. The summed E-state index contributed by atoms with van der Waals surface area (Å²) in [6.45, 7) is 1.98. The second-order valence-electron chi connectivity index (χ2n) is 8.68. The van der Waals surface area contributed by atoms with E-state index >= 15 is 0 Å². The molecule has 8 nitrogen and oxygen atoms in total. The highest BCUT2D eigenvalue weighted by Gasteiger charge is 2.72. The molecule has 0 radical (unpaired) electrons. The molecule has 1 saturated heterocycles. The van der Waals surface area contributed by atoms with Crippen LogP contribution in [0.1, 0.15) is 50.7 Å². The van der Waals surface area contributed by atoms with Gasteiger partial charge in [0.25, 0.3) is 0 Å². The minimum atomic E-state index is -1.44. The van der Waals surface area contributed by atoms with E-state index in [1.54, 1.807) is 12.3 Å². The van der Waals surface area contributed by atoms with Crippen LogP contribution in [0.25, 0.3) is 0 Å². The minimum Gasteiger partial charge on any atom is -0.472 e. The molecule has 0 bridgehead atoms. The van der Waals surface area contributed by atoms with Gasteiger partial charge in [-0.05, 0) is 37.2 Å². The molecule has 8 heteroatoms. The zero-order valence-corrected chi connectivity index (χ0v) is 17.3. The lowest BCUT2D eigenvalue weighted by Crippen LogP contribution is -2.64. The third kappa shape index (κ3) is 2.58. The molecule has 0 N–H and O–H groups in total. The standard InChI is InChI=1S/C22H26O8/c1-12-6-8-21(19(25)28-3)16(5-4-14(23)17(21)18(24)27-2)22(12)10-15(30-20(22)26)13-7-9-29-11-13/h7,9,11-12,15-17H,4-6,8,10H2,1-3H3/t12-,15-,16+,17+,21+,22-/m1/s1. The molecule has 2 heterocycles. The number of fused-ring (bicyclic) bond motifs is 2. The van der Waals surface area contributed by atoms with Gasteiger partial charge in [0.15, 0.2) is 0 Å². The highest BCUT2D eigenvalue weighted by atomic mass is 16.6. The van der Waals surface area contributed by atoms with Gasteiger partial charge in [-0.1, -0.05) is 6.92 Å². The smallest absolute Gasteiger partial charge is 0.317 e. The van der Waals surface area contributed by atoms with E-state index in [0.29, 0.717) is 19.3 Å². The summed E-state index contributed by atoms with van der Waals surface area (Å²) in [6, 6.07) is 1.75. The van der Waals surface area contributed by atoms with Crippen molar-refractivity contribution >= 4 is 23.7 Å². The Kier molecular flexibility index (Phi) is 4.98. The second-order valence-corrected chi connectivity index (χ2v) is 8.68. The Bertz CT molecular complexity index is 866. The van der Waals surface area contributed by atoms with E-state index in [1.807, 2.05) is 6.92 Å². The van der Waals surface area contributed by atoms with Crippen molar-refractivity contribution in [3.63, 3.8) is 0 Å². The molecule has 4 rings (SSSR count). The summed E-state index contributed by atoms with van der Waals surface area (Å²) in [5.41, 5.74) is -1.69. The Hall–Kier alpha value is -2.64. The number of methoxy groups -OCH3 is 2. The highest BCUT2D eigenvalue weighted by molar-refractivity contribution is 6.05. The molecule has 3 fully saturated rings. The van der Waals surface area contributed by atoms with Crippen LogP contribution in [0.15, 0.2) is 23.0 Å². The predicted molar refractivity (Wildman–Crippen MR) is 101 cm³/mol. The molecule has 1 aromatic heterocycles. The van der Waals surface area contributed by atoms with Gasteiger partial charge in [0.05, 0.1) is 37.6 Å². The van der Waals surface area contributed by atoms with Crippen molar-refractivity contribution in [2.24, 2.45) is 28.6 Å². The maximum absolute atomic E-state index is 13.4. The molecule has 1 spiro atoms. The van der Waals surface area contributed by atoms with Crippen molar-refractivity contribution in [1.29, 1.82) is 0 Å². The fraction of sp³-hybridized carbons (Fsp3) is 0.636. The van der Waals surface area contributed by atoms with Crippen LogP contribution in [0.3, 0.4) is 0 Å². The molecule has 0 amide bonds. The average molecular weight is 418 g/mol. The molecule has 1 aliphatic heterocycles. The number of rotatable bonds is 3. The van der Waals surface area contributed by atoms with Crippen LogP contribution in [0.4, 0.5) is 0 Å². The number of ether oxygens (including phenoxy) is 3. The van der Waals surface area contributed by atoms with E-state index in [1.165, 1.54) is 20.5 Å². The maximum atomic E-state index is 13.4. The van der Waals surface area contributed by atoms with Crippen LogP contribution in [-0.2, 0) is 33.4 Å².